The van der Waals surface area contributed by atoms with Crippen LogP contribution >= 0.6 is 11.8 Å². The van der Waals surface area contributed by atoms with Gasteiger partial charge in [0, 0.05) is 16.0 Å². The number of hydrogen-bond acceptors (Lipinski definition) is 2. The molecular weight excluding hydrogens is 422 g/mol. The van der Waals surface area contributed by atoms with Crippen molar-refractivity contribution in [2.75, 3.05) is 11.1 Å². The van der Waals surface area contributed by atoms with E-state index in [9.17, 15) is 4.79 Å². The van der Waals surface area contributed by atoms with E-state index in [1.807, 2.05) is 0 Å². The van der Waals surface area contributed by atoms with Crippen LogP contribution in [0.15, 0.2) is 83.8 Å². The summed E-state index contributed by atoms with van der Waals surface area (Å²) in [5.41, 5.74) is 8.18. The number of amides is 1. The van der Waals surface area contributed by atoms with Crippen molar-refractivity contribution in [2.24, 2.45) is 0 Å². The van der Waals surface area contributed by atoms with Crippen molar-refractivity contribution in [1.82, 2.24) is 0 Å². The van der Waals surface area contributed by atoms with Gasteiger partial charge in [-0.3, -0.25) is 4.79 Å². The van der Waals surface area contributed by atoms with E-state index in [1.54, 1.807) is 11.8 Å². The predicted molar refractivity (Wildman–Crippen MR) is 138 cm³/mol. The molecule has 2 aliphatic carbocycles. The SMILES string of the molecule is Cc1cccc2c1[C@@]1(CC2)CCc2cccc(NC(=O)CSc3ccc4ccccc4c3)c21. The molecule has 0 heterocycles. The van der Waals surface area contributed by atoms with E-state index in [2.05, 4.69) is 91.1 Å². The number of aryl methyl sites for hydroxylation is 3. The summed E-state index contributed by atoms with van der Waals surface area (Å²) in [6.45, 7) is 2.24. The van der Waals surface area contributed by atoms with Crippen molar-refractivity contribution in [1.29, 1.82) is 0 Å². The number of carbonyl (C=O) groups excluding carboxylic acids is 1. The second-order valence-corrected chi connectivity index (χ2v) is 10.4. The normalized spacial score (nSPS) is 18.5. The number of carbonyl (C=O) groups is 1. The van der Waals surface area contributed by atoms with Crippen molar-refractivity contribution in [3.63, 3.8) is 0 Å². The number of nitrogens with one attached hydrogen (secondary N) is 1. The molecule has 4 aromatic rings. The molecular formula is C30H27NOS. The summed E-state index contributed by atoms with van der Waals surface area (Å²) < 4.78 is 0. The van der Waals surface area contributed by atoms with Crippen LogP contribution in [0, 0.1) is 6.92 Å². The van der Waals surface area contributed by atoms with Crippen molar-refractivity contribution in [2.45, 2.75) is 42.9 Å². The fourth-order valence-electron chi connectivity index (χ4n) is 6.14. The molecule has 2 nitrogen and oxygen atoms in total. The molecule has 1 atom stereocenters. The zero-order valence-electron chi connectivity index (χ0n) is 18.9. The Kier molecular flexibility index (Phi) is 5.03. The monoisotopic (exact) mass is 449 g/mol. The van der Waals surface area contributed by atoms with E-state index in [1.165, 1.54) is 38.6 Å². The largest absolute Gasteiger partial charge is 0.325 e. The van der Waals surface area contributed by atoms with Crippen LogP contribution in [0.25, 0.3) is 10.8 Å². The Balaban J connectivity index is 1.26. The van der Waals surface area contributed by atoms with Gasteiger partial charge in [-0.05, 0) is 89.4 Å². The minimum Gasteiger partial charge on any atom is -0.325 e. The van der Waals surface area contributed by atoms with Crippen LogP contribution in [0.3, 0.4) is 0 Å². The number of benzene rings is 4. The summed E-state index contributed by atoms with van der Waals surface area (Å²) in [4.78, 5) is 14.2. The zero-order valence-corrected chi connectivity index (χ0v) is 19.7. The Morgan fingerprint density at radius 3 is 2.39 bits per heavy atom. The first-order chi connectivity index (χ1) is 16.1. The molecule has 33 heavy (non-hydrogen) atoms. The third kappa shape index (κ3) is 3.46. The summed E-state index contributed by atoms with van der Waals surface area (Å²) in [5, 5.41) is 5.73. The minimum absolute atomic E-state index is 0.0470. The molecule has 1 amide bonds. The second kappa shape index (κ2) is 8.07. The molecule has 3 heteroatoms. The van der Waals surface area contributed by atoms with E-state index in [4.69, 9.17) is 0 Å². The molecule has 1 spiro atoms. The molecule has 1 N–H and O–H groups in total. The van der Waals surface area contributed by atoms with Crippen LogP contribution in [-0.4, -0.2) is 11.7 Å². The highest BCUT2D eigenvalue weighted by molar-refractivity contribution is 8.00. The lowest BCUT2D eigenvalue weighted by molar-refractivity contribution is -0.113. The number of hydrogen-bond donors (Lipinski definition) is 1. The summed E-state index contributed by atoms with van der Waals surface area (Å²) in [7, 11) is 0. The van der Waals surface area contributed by atoms with Crippen molar-refractivity contribution in [3.8, 4) is 0 Å². The van der Waals surface area contributed by atoms with Crippen LogP contribution in [0.4, 0.5) is 5.69 Å². The van der Waals surface area contributed by atoms with Gasteiger partial charge < -0.3 is 5.32 Å². The number of rotatable bonds is 4. The molecule has 0 bridgehead atoms. The average molecular weight is 450 g/mol. The zero-order chi connectivity index (χ0) is 22.4. The first kappa shape index (κ1) is 20.6. The number of anilines is 1. The molecule has 164 valence electrons. The van der Waals surface area contributed by atoms with E-state index in [0.29, 0.717) is 5.75 Å². The maximum atomic E-state index is 13.0. The quantitative estimate of drug-likeness (QED) is 0.338. The smallest absolute Gasteiger partial charge is 0.234 e. The number of fused-ring (bicyclic) bond motifs is 5. The van der Waals surface area contributed by atoms with Crippen molar-refractivity contribution in [3.05, 3.63) is 107 Å². The molecule has 0 aromatic heterocycles. The summed E-state index contributed by atoms with van der Waals surface area (Å²) in [6.07, 6.45) is 4.48. The lowest BCUT2D eigenvalue weighted by Gasteiger charge is -2.30. The molecule has 0 aliphatic heterocycles. The Morgan fingerprint density at radius 1 is 0.848 bits per heavy atom. The van der Waals surface area contributed by atoms with Crippen molar-refractivity contribution >= 4 is 34.1 Å². The highest BCUT2D eigenvalue weighted by Gasteiger charge is 2.46. The Bertz CT molecular complexity index is 1390. The molecule has 6 rings (SSSR count). The third-order valence-electron chi connectivity index (χ3n) is 7.47. The first-order valence-corrected chi connectivity index (χ1v) is 12.8. The topological polar surface area (TPSA) is 29.1 Å². The van der Waals surface area contributed by atoms with Crippen LogP contribution in [0.1, 0.15) is 40.7 Å². The first-order valence-electron chi connectivity index (χ1n) is 11.8. The van der Waals surface area contributed by atoms with E-state index in [-0.39, 0.29) is 11.3 Å². The molecule has 0 radical (unpaired) electrons. The van der Waals surface area contributed by atoms with Crippen molar-refractivity contribution < 1.29 is 4.79 Å². The van der Waals surface area contributed by atoms with E-state index in [0.717, 1.165) is 36.3 Å². The van der Waals surface area contributed by atoms with Crippen LogP contribution in [0.2, 0.25) is 0 Å². The number of thioether (sulfide) groups is 1. The van der Waals surface area contributed by atoms with Gasteiger partial charge in [-0.25, -0.2) is 0 Å². The van der Waals surface area contributed by atoms with E-state index < -0.39 is 0 Å². The lowest BCUT2D eigenvalue weighted by Crippen LogP contribution is -2.25. The van der Waals surface area contributed by atoms with Gasteiger partial charge in [0.15, 0.2) is 0 Å². The fraction of sp³-hybridized carbons (Fsp3) is 0.233. The maximum absolute atomic E-state index is 13.0. The Hall–Kier alpha value is -3.04. The lowest BCUT2D eigenvalue weighted by atomic mass is 9.74. The summed E-state index contributed by atoms with van der Waals surface area (Å²) >= 11 is 1.60. The molecule has 0 unspecified atom stereocenters. The van der Waals surface area contributed by atoms with Gasteiger partial charge in [-0.1, -0.05) is 60.7 Å². The fourth-order valence-corrected chi connectivity index (χ4v) is 6.88. The van der Waals surface area contributed by atoms with Gasteiger partial charge in [0.05, 0.1) is 5.75 Å². The van der Waals surface area contributed by atoms with Crippen LogP contribution in [-0.2, 0) is 23.1 Å². The van der Waals surface area contributed by atoms with E-state index >= 15 is 0 Å². The van der Waals surface area contributed by atoms with Gasteiger partial charge in [0.25, 0.3) is 0 Å². The van der Waals surface area contributed by atoms with Gasteiger partial charge in [-0.2, -0.15) is 0 Å². The summed E-state index contributed by atoms with van der Waals surface area (Å²) in [6, 6.07) is 27.9. The third-order valence-corrected chi connectivity index (χ3v) is 8.47. The molecule has 4 aromatic carbocycles. The van der Waals surface area contributed by atoms with Crippen LogP contribution in [0.5, 0.6) is 0 Å². The molecule has 2 aliphatic rings. The van der Waals surface area contributed by atoms with Crippen LogP contribution < -0.4 is 5.32 Å². The Labute approximate surface area is 199 Å². The van der Waals surface area contributed by atoms with Gasteiger partial charge in [-0.15, -0.1) is 11.8 Å². The highest BCUT2D eigenvalue weighted by atomic mass is 32.2. The standard InChI is InChI=1S/C30H27NOS/c1-20-6-4-9-22-14-16-30(28(20)22)17-15-23-10-5-11-26(29(23)30)31-27(32)19-33-25-13-12-21-7-2-3-8-24(21)18-25/h2-13,18H,14-17,19H2,1H3,(H,31,32)/t30-/m1/s1. The maximum Gasteiger partial charge on any atom is 0.234 e. The molecule has 0 fully saturated rings. The predicted octanol–water partition coefficient (Wildman–Crippen LogP) is 7.06. The molecule has 0 saturated carbocycles. The second-order valence-electron chi connectivity index (χ2n) is 9.38. The van der Waals surface area contributed by atoms with Gasteiger partial charge >= 0.3 is 0 Å². The highest BCUT2D eigenvalue weighted by Crippen LogP contribution is 2.55. The summed E-state index contributed by atoms with van der Waals surface area (Å²) in [5.74, 6) is 0.469. The Morgan fingerprint density at radius 2 is 1.58 bits per heavy atom. The average Bonchev–Trinajstić information content (AvgIpc) is 3.41. The molecule has 0 saturated heterocycles. The van der Waals surface area contributed by atoms with Gasteiger partial charge in [0.2, 0.25) is 5.91 Å². The van der Waals surface area contributed by atoms with Gasteiger partial charge in [0.1, 0.15) is 0 Å². The minimum atomic E-state index is 0.0470.